The first-order chi connectivity index (χ1) is 13.2. The minimum atomic E-state index is -0.561. The smallest absolute Gasteiger partial charge is 0.408 e. The Hall–Kier alpha value is -2.69. The molecule has 1 unspecified atom stereocenters. The topological polar surface area (TPSA) is 72.5 Å². The fraction of sp³-hybridized carbons (Fsp3) is 0.435. The highest BCUT2D eigenvalue weighted by molar-refractivity contribution is 6.44. The van der Waals surface area contributed by atoms with Gasteiger partial charge in [0.1, 0.15) is 5.60 Å². The van der Waals surface area contributed by atoms with Crippen molar-refractivity contribution in [2.45, 2.75) is 57.6 Å². The van der Waals surface area contributed by atoms with Gasteiger partial charge < -0.3 is 10.1 Å². The second-order valence-corrected chi connectivity index (χ2v) is 8.49. The normalized spacial score (nSPS) is 20.2. The number of Topliss-reactive ketones (excluding diaryl/α,β-unsaturated/α-hetero) is 2. The van der Waals surface area contributed by atoms with Gasteiger partial charge >= 0.3 is 6.09 Å². The van der Waals surface area contributed by atoms with Gasteiger partial charge in [0.25, 0.3) is 0 Å². The van der Waals surface area contributed by atoms with Crippen LogP contribution in [0.5, 0.6) is 0 Å². The lowest BCUT2D eigenvalue weighted by Gasteiger charge is -2.43. The molecular formula is C23H27NO4. The second kappa shape index (κ2) is 7.74. The Morgan fingerprint density at radius 1 is 1.07 bits per heavy atom. The molecule has 5 nitrogen and oxygen atoms in total. The van der Waals surface area contributed by atoms with Crippen LogP contribution in [-0.2, 0) is 15.1 Å². The molecule has 0 heterocycles. The standard InChI is InChI=1S/C23H27NO4/c1-22(2,3)28-21(27)24-23(14-7-15-23)18-12-10-17(11-13-18)20(26)19(25)16-8-5-4-6-9-16/h4-6,8,10-13,16H,7,9,14-15H2,1-3H3,(H,24,27). The van der Waals surface area contributed by atoms with Crippen molar-refractivity contribution in [3.63, 3.8) is 0 Å². The fourth-order valence-corrected chi connectivity index (χ4v) is 3.54. The van der Waals surface area contributed by atoms with Crippen LogP contribution < -0.4 is 5.32 Å². The van der Waals surface area contributed by atoms with Crippen LogP contribution in [0.25, 0.3) is 0 Å². The number of alkyl carbamates (subject to hydrolysis) is 1. The first kappa shape index (κ1) is 20.1. The van der Waals surface area contributed by atoms with Crippen LogP contribution in [0, 0.1) is 5.92 Å². The summed E-state index contributed by atoms with van der Waals surface area (Å²) >= 11 is 0. The molecule has 0 bridgehead atoms. The predicted octanol–water partition coefficient (Wildman–Crippen LogP) is 4.47. The van der Waals surface area contributed by atoms with Crippen molar-refractivity contribution in [2.75, 3.05) is 0 Å². The van der Waals surface area contributed by atoms with Crippen molar-refractivity contribution in [3.8, 4) is 0 Å². The molecule has 2 aliphatic carbocycles. The highest BCUT2D eigenvalue weighted by atomic mass is 16.6. The molecule has 0 spiro atoms. The monoisotopic (exact) mass is 381 g/mol. The van der Waals surface area contributed by atoms with Crippen molar-refractivity contribution in [1.29, 1.82) is 0 Å². The third kappa shape index (κ3) is 4.41. The largest absolute Gasteiger partial charge is 0.444 e. The van der Waals surface area contributed by atoms with Gasteiger partial charge in [-0.05, 0) is 52.0 Å². The molecule has 1 atom stereocenters. The van der Waals surface area contributed by atoms with Gasteiger partial charge in [-0.3, -0.25) is 9.59 Å². The third-order valence-corrected chi connectivity index (χ3v) is 5.19. The van der Waals surface area contributed by atoms with Gasteiger partial charge in [-0.2, -0.15) is 0 Å². The van der Waals surface area contributed by atoms with E-state index in [1.165, 1.54) is 0 Å². The average Bonchev–Trinajstić information content (AvgIpc) is 2.63. The fourth-order valence-electron chi connectivity index (χ4n) is 3.54. The number of benzene rings is 1. The van der Waals surface area contributed by atoms with Crippen LogP contribution in [-0.4, -0.2) is 23.3 Å². The average molecular weight is 381 g/mol. The molecule has 1 aromatic carbocycles. The van der Waals surface area contributed by atoms with Gasteiger partial charge in [0.2, 0.25) is 11.6 Å². The zero-order chi connectivity index (χ0) is 20.4. The minimum absolute atomic E-state index is 0.378. The summed E-state index contributed by atoms with van der Waals surface area (Å²) in [5.41, 5.74) is 0.275. The van der Waals surface area contributed by atoms with Crippen LogP contribution >= 0.6 is 0 Å². The van der Waals surface area contributed by atoms with Gasteiger partial charge in [-0.25, -0.2) is 4.79 Å². The number of nitrogens with one attached hydrogen (secondary N) is 1. The molecule has 0 aliphatic heterocycles. The minimum Gasteiger partial charge on any atom is -0.444 e. The van der Waals surface area contributed by atoms with Gasteiger partial charge in [-0.15, -0.1) is 0 Å². The molecule has 1 aromatic rings. The highest BCUT2D eigenvalue weighted by Crippen LogP contribution is 2.41. The van der Waals surface area contributed by atoms with E-state index in [1.54, 1.807) is 24.3 Å². The molecule has 5 heteroatoms. The number of ether oxygens (including phenoxy) is 1. The molecule has 1 saturated carbocycles. The Morgan fingerprint density at radius 3 is 2.25 bits per heavy atom. The summed E-state index contributed by atoms with van der Waals surface area (Å²) in [6, 6.07) is 7.00. The molecule has 0 radical (unpaired) electrons. The molecule has 28 heavy (non-hydrogen) atoms. The lowest BCUT2D eigenvalue weighted by molar-refractivity contribution is -0.117. The summed E-state index contributed by atoms with van der Waals surface area (Å²) in [6.45, 7) is 5.48. The summed E-state index contributed by atoms with van der Waals surface area (Å²) in [5.74, 6) is -1.25. The maximum absolute atomic E-state index is 12.5. The zero-order valence-electron chi connectivity index (χ0n) is 16.7. The number of ketones is 2. The number of hydrogen-bond donors (Lipinski definition) is 1. The SMILES string of the molecule is CC(C)(C)OC(=O)NC1(c2ccc(C(=O)C(=O)C3C=CC=CC3)cc2)CCC1. The van der Waals surface area contributed by atoms with E-state index in [0.29, 0.717) is 12.0 Å². The lowest BCUT2D eigenvalue weighted by atomic mass is 9.71. The first-order valence-electron chi connectivity index (χ1n) is 9.74. The van der Waals surface area contributed by atoms with E-state index in [0.717, 1.165) is 24.8 Å². The van der Waals surface area contributed by atoms with Gasteiger partial charge in [0.15, 0.2) is 0 Å². The van der Waals surface area contributed by atoms with Gasteiger partial charge in [0.05, 0.1) is 5.54 Å². The first-order valence-corrected chi connectivity index (χ1v) is 9.74. The highest BCUT2D eigenvalue weighted by Gasteiger charge is 2.41. The molecule has 2 aliphatic rings. The van der Waals surface area contributed by atoms with E-state index < -0.39 is 28.8 Å². The number of carbonyl (C=O) groups is 3. The van der Waals surface area contributed by atoms with Crippen molar-refractivity contribution in [2.24, 2.45) is 5.92 Å². The van der Waals surface area contributed by atoms with Gasteiger partial charge in [0, 0.05) is 11.5 Å². The Balaban J connectivity index is 1.71. The van der Waals surface area contributed by atoms with Crippen molar-refractivity contribution < 1.29 is 19.1 Å². The van der Waals surface area contributed by atoms with Crippen molar-refractivity contribution in [3.05, 3.63) is 59.7 Å². The van der Waals surface area contributed by atoms with Crippen molar-refractivity contribution >= 4 is 17.7 Å². The Labute approximate surface area is 165 Å². The predicted molar refractivity (Wildman–Crippen MR) is 107 cm³/mol. The van der Waals surface area contributed by atoms with E-state index >= 15 is 0 Å². The lowest BCUT2D eigenvalue weighted by Crippen LogP contribution is -2.52. The summed E-state index contributed by atoms with van der Waals surface area (Å²) < 4.78 is 5.39. The maximum Gasteiger partial charge on any atom is 0.408 e. The van der Waals surface area contributed by atoms with E-state index in [9.17, 15) is 14.4 Å². The second-order valence-electron chi connectivity index (χ2n) is 8.49. The molecule has 1 N–H and O–H groups in total. The van der Waals surface area contributed by atoms with E-state index in [2.05, 4.69) is 5.32 Å². The number of allylic oxidation sites excluding steroid dienone is 4. The van der Waals surface area contributed by atoms with Crippen molar-refractivity contribution in [1.82, 2.24) is 5.32 Å². The zero-order valence-corrected chi connectivity index (χ0v) is 16.7. The molecule has 0 aromatic heterocycles. The summed E-state index contributed by atoms with van der Waals surface area (Å²) in [7, 11) is 0. The Kier molecular flexibility index (Phi) is 5.54. The Morgan fingerprint density at radius 2 is 1.75 bits per heavy atom. The number of carbonyl (C=O) groups excluding carboxylic acids is 3. The van der Waals surface area contributed by atoms with Crippen LogP contribution in [0.3, 0.4) is 0 Å². The molecule has 1 fully saturated rings. The molecule has 3 rings (SSSR count). The third-order valence-electron chi connectivity index (χ3n) is 5.19. The number of hydrogen-bond acceptors (Lipinski definition) is 4. The Bertz CT molecular complexity index is 823. The summed E-state index contributed by atoms with van der Waals surface area (Å²) in [6.07, 6.45) is 10.1. The van der Waals surface area contributed by atoms with E-state index in [1.807, 2.05) is 45.1 Å². The quantitative estimate of drug-likeness (QED) is 0.603. The van der Waals surface area contributed by atoms with Crippen LogP contribution in [0.2, 0.25) is 0 Å². The molecule has 0 saturated heterocycles. The molecular weight excluding hydrogens is 354 g/mol. The molecule has 148 valence electrons. The van der Waals surface area contributed by atoms with E-state index in [-0.39, 0.29) is 5.92 Å². The number of amides is 1. The molecule has 1 amide bonds. The number of rotatable bonds is 5. The van der Waals surface area contributed by atoms with Crippen LogP contribution in [0.1, 0.15) is 62.4 Å². The van der Waals surface area contributed by atoms with E-state index in [4.69, 9.17) is 4.74 Å². The summed E-state index contributed by atoms with van der Waals surface area (Å²) in [4.78, 5) is 37.2. The van der Waals surface area contributed by atoms with Crippen LogP contribution in [0.15, 0.2) is 48.6 Å². The van der Waals surface area contributed by atoms with Gasteiger partial charge in [-0.1, -0.05) is 48.6 Å². The summed E-state index contributed by atoms with van der Waals surface area (Å²) in [5, 5.41) is 3.00. The van der Waals surface area contributed by atoms with Crippen LogP contribution in [0.4, 0.5) is 4.79 Å². The maximum atomic E-state index is 12.5.